The monoisotopic (exact) mass is 570 g/mol. The Morgan fingerprint density at radius 3 is 2.40 bits per heavy atom. The van der Waals surface area contributed by atoms with Crippen molar-refractivity contribution in [3.63, 3.8) is 0 Å². The minimum absolute atomic E-state index is 0.244. The Labute approximate surface area is 248 Å². The summed E-state index contributed by atoms with van der Waals surface area (Å²) in [5, 5.41) is 3.95. The highest BCUT2D eigenvalue weighted by atomic mass is 16.5. The average molecular weight is 571 g/mol. The number of H-pyrrole nitrogens is 1. The molecule has 43 heavy (non-hydrogen) atoms. The number of ether oxygens (including phenoxy) is 1. The number of anilines is 2. The summed E-state index contributed by atoms with van der Waals surface area (Å²) in [5.41, 5.74) is 6.01. The van der Waals surface area contributed by atoms with Crippen molar-refractivity contribution in [2.45, 2.75) is 31.8 Å². The van der Waals surface area contributed by atoms with Gasteiger partial charge < -0.3 is 15.0 Å². The number of amides is 4. The largest absolute Gasteiger partial charge is 0.497 e. The van der Waals surface area contributed by atoms with Gasteiger partial charge in [-0.05, 0) is 65.6 Å². The van der Waals surface area contributed by atoms with Crippen LogP contribution in [0.5, 0.6) is 5.75 Å². The summed E-state index contributed by atoms with van der Waals surface area (Å²) in [6.45, 7) is 2.07. The number of para-hydroxylation sites is 2. The lowest BCUT2D eigenvalue weighted by Gasteiger charge is -2.36. The first-order chi connectivity index (χ1) is 21.0. The molecule has 0 spiro atoms. The molecule has 0 saturated carbocycles. The standard InChI is InChI=1S/C35H30N4O4/c1-3-21-12-16-23(17-13-21)36-33(40)26-9-5-7-11-29(26)39-34(41)30-20-27-25-8-4-6-10-28(25)37-31(27)32(38(30)35(39)42)22-14-18-24(43-2)19-15-22/h4-19,30,32,37H,3,20H2,1-2H3,(H,36,40)/t30-,32-/m0/s1. The Balaban J connectivity index is 1.29. The molecule has 8 nitrogen and oxygen atoms in total. The first-order valence-electron chi connectivity index (χ1n) is 14.4. The Morgan fingerprint density at radius 2 is 1.65 bits per heavy atom. The highest BCUT2D eigenvalue weighted by molar-refractivity contribution is 6.24. The molecule has 0 bridgehead atoms. The molecule has 2 atom stereocenters. The van der Waals surface area contributed by atoms with Gasteiger partial charge in [0, 0.05) is 28.7 Å². The van der Waals surface area contributed by atoms with Gasteiger partial charge in [-0.1, -0.05) is 61.5 Å². The maximum atomic E-state index is 14.3. The van der Waals surface area contributed by atoms with Crippen LogP contribution < -0.4 is 15.0 Å². The topological polar surface area (TPSA) is 94.7 Å². The van der Waals surface area contributed by atoms with Crippen molar-refractivity contribution in [1.82, 2.24) is 9.88 Å². The summed E-state index contributed by atoms with van der Waals surface area (Å²) in [6.07, 6.45) is 1.26. The number of fused-ring (bicyclic) bond motifs is 4. The number of carbonyl (C=O) groups is 3. The Hall–Kier alpha value is -5.37. The number of urea groups is 1. The zero-order chi connectivity index (χ0) is 29.7. The number of nitrogens with one attached hydrogen (secondary N) is 2. The predicted molar refractivity (Wildman–Crippen MR) is 166 cm³/mol. The maximum absolute atomic E-state index is 14.3. The van der Waals surface area contributed by atoms with Crippen molar-refractivity contribution in [3.8, 4) is 5.75 Å². The number of methoxy groups -OCH3 is 1. The second kappa shape index (κ2) is 10.5. The minimum Gasteiger partial charge on any atom is -0.497 e. The van der Waals surface area contributed by atoms with Crippen molar-refractivity contribution in [3.05, 3.63) is 125 Å². The van der Waals surface area contributed by atoms with Crippen LogP contribution in [0.25, 0.3) is 10.9 Å². The van der Waals surface area contributed by atoms with Gasteiger partial charge in [-0.15, -0.1) is 0 Å². The number of hydrogen-bond acceptors (Lipinski definition) is 4. The minimum atomic E-state index is -0.732. The van der Waals surface area contributed by atoms with Crippen molar-refractivity contribution in [2.75, 3.05) is 17.3 Å². The summed E-state index contributed by atoms with van der Waals surface area (Å²) in [4.78, 5) is 48.4. The van der Waals surface area contributed by atoms with Crippen LogP contribution in [0.4, 0.5) is 16.2 Å². The third kappa shape index (κ3) is 4.34. The lowest BCUT2D eigenvalue weighted by molar-refractivity contribution is -0.120. The van der Waals surface area contributed by atoms with Crippen LogP contribution in [0.15, 0.2) is 97.1 Å². The van der Waals surface area contributed by atoms with Gasteiger partial charge in [0.25, 0.3) is 11.8 Å². The van der Waals surface area contributed by atoms with E-state index in [0.29, 0.717) is 17.9 Å². The zero-order valence-corrected chi connectivity index (χ0v) is 23.8. The number of aromatic nitrogens is 1. The highest BCUT2D eigenvalue weighted by Crippen LogP contribution is 2.45. The van der Waals surface area contributed by atoms with E-state index in [2.05, 4.69) is 17.2 Å². The molecule has 4 aromatic carbocycles. The van der Waals surface area contributed by atoms with Gasteiger partial charge in [0.05, 0.1) is 18.4 Å². The molecule has 1 aromatic heterocycles. The van der Waals surface area contributed by atoms with Gasteiger partial charge in [-0.25, -0.2) is 9.69 Å². The molecule has 0 aliphatic carbocycles. The van der Waals surface area contributed by atoms with Crippen LogP contribution in [0.2, 0.25) is 0 Å². The number of benzene rings is 4. The first-order valence-corrected chi connectivity index (χ1v) is 14.4. The van der Waals surface area contributed by atoms with Crippen molar-refractivity contribution >= 4 is 40.1 Å². The molecule has 2 aliphatic heterocycles. The third-order valence-corrected chi connectivity index (χ3v) is 8.49. The summed E-state index contributed by atoms with van der Waals surface area (Å²) < 4.78 is 5.37. The molecule has 214 valence electrons. The van der Waals surface area contributed by atoms with Gasteiger partial charge in [-0.2, -0.15) is 0 Å². The normalized spacial score (nSPS) is 17.6. The molecule has 1 saturated heterocycles. The number of hydrogen-bond donors (Lipinski definition) is 2. The molecule has 7 rings (SSSR count). The second-order valence-corrected chi connectivity index (χ2v) is 10.8. The smallest absolute Gasteiger partial charge is 0.332 e. The Bertz CT molecular complexity index is 1880. The fourth-order valence-corrected chi connectivity index (χ4v) is 6.31. The van der Waals surface area contributed by atoms with E-state index < -0.39 is 24.0 Å². The van der Waals surface area contributed by atoms with Crippen molar-refractivity contribution < 1.29 is 19.1 Å². The number of imide groups is 1. The highest BCUT2D eigenvalue weighted by Gasteiger charge is 2.53. The van der Waals surface area contributed by atoms with Crippen LogP contribution in [-0.4, -0.2) is 40.9 Å². The summed E-state index contributed by atoms with van der Waals surface area (Å²) in [6, 6.07) is 28.2. The van der Waals surface area contributed by atoms with E-state index >= 15 is 0 Å². The van der Waals surface area contributed by atoms with Crippen LogP contribution >= 0.6 is 0 Å². The number of carbonyl (C=O) groups excluding carboxylic acids is 3. The molecule has 4 amide bonds. The number of rotatable bonds is 6. The van der Waals surface area contributed by atoms with Gasteiger partial charge >= 0.3 is 6.03 Å². The van der Waals surface area contributed by atoms with Crippen molar-refractivity contribution in [1.29, 1.82) is 0 Å². The van der Waals surface area contributed by atoms with Crippen molar-refractivity contribution in [2.24, 2.45) is 0 Å². The van der Waals surface area contributed by atoms with Crippen LogP contribution in [0.1, 0.15) is 45.7 Å². The summed E-state index contributed by atoms with van der Waals surface area (Å²) in [5.74, 6) is -0.0528. The zero-order valence-electron chi connectivity index (χ0n) is 23.8. The summed E-state index contributed by atoms with van der Waals surface area (Å²) >= 11 is 0. The number of aromatic amines is 1. The molecule has 5 aromatic rings. The van der Waals surface area contributed by atoms with Gasteiger partial charge in [0.1, 0.15) is 17.8 Å². The molecule has 8 heteroatoms. The number of nitrogens with zero attached hydrogens (tertiary/aromatic N) is 2. The van der Waals surface area contributed by atoms with E-state index in [1.54, 1.807) is 36.3 Å². The maximum Gasteiger partial charge on any atom is 0.332 e. The first kappa shape index (κ1) is 26.5. The molecule has 2 aliphatic rings. The van der Waals surface area contributed by atoms with E-state index in [1.807, 2.05) is 72.8 Å². The fourth-order valence-electron chi connectivity index (χ4n) is 6.31. The average Bonchev–Trinajstić information content (AvgIpc) is 3.54. The third-order valence-electron chi connectivity index (χ3n) is 8.49. The van der Waals surface area contributed by atoms with Gasteiger partial charge in [-0.3, -0.25) is 14.5 Å². The fraction of sp³-hybridized carbons (Fsp3) is 0.171. The van der Waals surface area contributed by atoms with E-state index in [1.165, 1.54) is 4.90 Å². The predicted octanol–water partition coefficient (Wildman–Crippen LogP) is 6.47. The van der Waals surface area contributed by atoms with Gasteiger partial charge in [0.15, 0.2) is 0 Å². The molecular formula is C35H30N4O4. The molecule has 0 radical (unpaired) electrons. The summed E-state index contributed by atoms with van der Waals surface area (Å²) in [7, 11) is 1.61. The molecule has 2 N–H and O–H groups in total. The second-order valence-electron chi connectivity index (χ2n) is 10.8. The van der Waals surface area contributed by atoms with Crippen LogP contribution in [-0.2, 0) is 17.6 Å². The Morgan fingerprint density at radius 1 is 0.930 bits per heavy atom. The lowest BCUT2D eigenvalue weighted by Crippen LogP contribution is -2.44. The quantitative estimate of drug-likeness (QED) is 0.229. The molecule has 1 fully saturated rings. The number of aryl methyl sites for hydroxylation is 1. The van der Waals surface area contributed by atoms with Gasteiger partial charge in [0.2, 0.25) is 0 Å². The molecular weight excluding hydrogens is 540 g/mol. The molecule has 3 heterocycles. The van der Waals surface area contributed by atoms with E-state index in [9.17, 15) is 14.4 Å². The van der Waals surface area contributed by atoms with Crippen LogP contribution in [0.3, 0.4) is 0 Å². The molecule has 0 unspecified atom stereocenters. The van der Waals surface area contributed by atoms with Crippen LogP contribution in [0, 0.1) is 0 Å². The Kier molecular flexibility index (Phi) is 6.46. The van der Waals surface area contributed by atoms with E-state index in [-0.39, 0.29) is 17.2 Å². The SMILES string of the molecule is CCc1ccc(NC(=O)c2ccccc2N2C(=O)[C@@H]3Cc4c([nH]c5ccccc45)[C@H](c4ccc(OC)cc4)N3C2=O)cc1. The van der Waals surface area contributed by atoms with E-state index in [4.69, 9.17) is 4.74 Å². The lowest BCUT2D eigenvalue weighted by atomic mass is 9.89. The van der Waals surface area contributed by atoms with E-state index in [0.717, 1.165) is 39.7 Å².